The van der Waals surface area contributed by atoms with E-state index in [0.29, 0.717) is 22.7 Å². The molecule has 2 N–H and O–H groups in total. The Hall–Kier alpha value is -3.55. The summed E-state index contributed by atoms with van der Waals surface area (Å²) in [7, 11) is 1.57. The van der Waals surface area contributed by atoms with E-state index in [2.05, 4.69) is 10.6 Å². The van der Waals surface area contributed by atoms with Crippen LogP contribution in [0.15, 0.2) is 42.5 Å². The van der Waals surface area contributed by atoms with Gasteiger partial charge in [0.05, 0.1) is 13.2 Å². The highest BCUT2D eigenvalue weighted by molar-refractivity contribution is 6.10. The molecule has 1 saturated carbocycles. The van der Waals surface area contributed by atoms with E-state index >= 15 is 0 Å². The lowest BCUT2D eigenvalue weighted by Crippen LogP contribution is -2.42. The van der Waals surface area contributed by atoms with Crippen molar-refractivity contribution in [2.45, 2.75) is 51.2 Å². The maximum atomic E-state index is 13.1. The number of urea groups is 1. The molecule has 2 aliphatic rings. The highest BCUT2D eigenvalue weighted by atomic mass is 16.5. The number of imide groups is 1. The van der Waals surface area contributed by atoms with Gasteiger partial charge in [-0.1, -0.05) is 29.8 Å². The SMILES string of the molecule is COc1ccc(NC(=O)CN2C(=O)NC(C)(c3ccc(C)cc3)C2=O)cc1OC1CCCC1. The standard InChI is InChI=1S/C25H29N3O5/c1-16-8-10-17(11-9-16)25(2)23(30)28(24(31)27-25)15-22(29)26-18-12-13-20(32-3)21(14-18)33-19-6-4-5-7-19/h8-14,19H,4-7,15H2,1-3H3,(H,26,29)(H,27,31). The van der Waals surface area contributed by atoms with Gasteiger partial charge in [-0.05, 0) is 57.2 Å². The molecule has 1 atom stereocenters. The summed E-state index contributed by atoms with van der Waals surface area (Å²) < 4.78 is 11.4. The fraction of sp³-hybridized carbons (Fsp3) is 0.400. The Morgan fingerprint density at radius 3 is 2.48 bits per heavy atom. The summed E-state index contributed by atoms with van der Waals surface area (Å²) in [5.41, 5.74) is 1.000. The molecular formula is C25H29N3O5. The molecule has 0 spiro atoms. The lowest BCUT2D eigenvalue weighted by molar-refractivity contribution is -0.133. The molecule has 0 bridgehead atoms. The van der Waals surface area contributed by atoms with Gasteiger partial charge in [0.1, 0.15) is 12.1 Å². The van der Waals surface area contributed by atoms with Gasteiger partial charge in [-0.15, -0.1) is 0 Å². The zero-order valence-corrected chi connectivity index (χ0v) is 19.1. The highest BCUT2D eigenvalue weighted by Gasteiger charge is 2.49. The Bertz CT molecular complexity index is 1060. The lowest BCUT2D eigenvalue weighted by Gasteiger charge is -2.22. The number of aryl methyl sites for hydroxylation is 1. The third-order valence-corrected chi connectivity index (χ3v) is 6.25. The number of hydrogen-bond donors (Lipinski definition) is 2. The number of ether oxygens (including phenoxy) is 2. The van der Waals surface area contributed by atoms with Crippen LogP contribution < -0.4 is 20.1 Å². The summed E-state index contributed by atoms with van der Waals surface area (Å²) >= 11 is 0. The lowest BCUT2D eigenvalue weighted by atomic mass is 9.91. The molecule has 0 radical (unpaired) electrons. The number of amides is 4. The molecule has 1 aliphatic heterocycles. The first-order valence-electron chi connectivity index (χ1n) is 11.2. The molecule has 1 aliphatic carbocycles. The van der Waals surface area contributed by atoms with E-state index in [9.17, 15) is 14.4 Å². The molecule has 8 nitrogen and oxygen atoms in total. The third-order valence-electron chi connectivity index (χ3n) is 6.25. The Balaban J connectivity index is 1.44. The minimum absolute atomic E-state index is 0.134. The summed E-state index contributed by atoms with van der Waals surface area (Å²) in [5.74, 6) is 0.196. The first-order valence-corrected chi connectivity index (χ1v) is 11.2. The zero-order valence-electron chi connectivity index (χ0n) is 19.1. The first-order chi connectivity index (χ1) is 15.8. The first kappa shape index (κ1) is 22.6. The van der Waals surface area contributed by atoms with E-state index in [1.165, 1.54) is 0 Å². The second kappa shape index (κ2) is 9.13. The third kappa shape index (κ3) is 4.65. The fourth-order valence-electron chi connectivity index (χ4n) is 4.30. The van der Waals surface area contributed by atoms with Crippen molar-refractivity contribution in [1.29, 1.82) is 0 Å². The molecule has 1 unspecified atom stereocenters. The molecule has 8 heteroatoms. The molecule has 4 rings (SSSR count). The Morgan fingerprint density at radius 1 is 1.12 bits per heavy atom. The largest absolute Gasteiger partial charge is 0.493 e. The van der Waals surface area contributed by atoms with Crippen molar-refractivity contribution in [3.8, 4) is 11.5 Å². The van der Waals surface area contributed by atoms with Crippen molar-refractivity contribution in [3.05, 3.63) is 53.6 Å². The van der Waals surface area contributed by atoms with E-state index in [1.54, 1.807) is 44.4 Å². The summed E-state index contributed by atoms with van der Waals surface area (Å²) in [5, 5.41) is 5.47. The average Bonchev–Trinajstić information content (AvgIpc) is 3.37. The van der Waals surface area contributed by atoms with Gasteiger partial charge < -0.3 is 20.1 Å². The molecule has 1 heterocycles. The summed E-state index contributed by atoms with van der Waals surface area (Å²) in [6.45, 7) is 3.20. The van der Waals surface area contributed by atoms with Gasteiger partial charge in [-0.3, -0.25) is 14.5 Å². The number of carbonyl (C=O) groups is 3. The van der Waals surface area contributed by atoms with Gasteiger partial charge in [-0.25, -0.2) is 4.79 Å². The number of anilines is 1. The maximum Gasteiger partial charge on any atom is 0.325 e. The van der Waals surface area contributed by atoms with E-state index < -0.39 is 29.9 Å². The van der Waals surface area contributed by atoms with Crippen molar-refractivity contribution >= 4 is 23.5 Å². The number of methoxy groups -OCH3 is 1. The van der Waals surface area contributed by atoms with Gasteiger partial charge >= 0.3 is 6.03 Å². The van der Waals surface area contributed by atoms with Crippen LogP contribution in [-0.2, 0) is 15.1 Å². The van der Waals surface area contributed by atoms with Gasteiger partial charge in [0.25, 0.3) is 5.91 Å². The van der Waals surface area contributed by atoms with Crippen LogP contribution in [0.1, 0.15) is 43.7 Å². The van der Waals surface area contributed by atoms with Crippen molar-refractivity contribution in [1.82, 2.24) is 10.2 Å². The van der Waals surface area contributed by atoms with Crippen LogP contribution in [0, 0.1) is 6.92 Å². The van der Waals surface area contributed by atoms with Crippen molar-refractivity contribution in [2.75, 3.05) is 19.0 Å². The van der Waals surface area contributed by atoms with E-state index in [0.717, 1.165) is 36.1 Å². The van der Waals surface area contributed by atoms with Crippen LogP contribution in [0.4, 0.5) is 10.5 Å². The number of benzene rings is 2. The normalized spacial score (nSPS) is 20.6. The summed E-state index contributed by atoms with van der Waals surface area (Å²) in [6.07, 6.45) is 4.39. The second-order valence-corrected chi connectivity index (χ2v) is 8.75. The minimum atomic E-state index is -1.21. The Morgan fingerprint density at radius 2 is 1.82 bits per heavy atom. The topological polar surface area (TPSA) is 97.0 Å². The zero-order chi connectivity index (χ0) is 23.6. The van der Waals surface area contributed by atoms with Gasteiger partial charge in [-0.2, -0.15) is 0 Å². The maximum absolute atomic E-state index is 13.1. The van der Waals surface area contributed by atoms with Gasteiger partial charge in [0, 0.05) is 11.8 Å². The van der Waals surface area contributed by atoms with Crippen LogP contribution in [-0.4, -0.2) is 42.5 Å². The predicted octanol–water partition coefficient (Wildman–Crippen LogP) is 3.73. The van der Waals surface area contributed by atoms with E-state index in [4.69, 9.17) is 9.47 Å². The van der Waals surface area contributed by atoms with Crippen LogP contribution in [0.2, 0.25) is 0 Å². The molecule has 174 valence electrons. The molecule has 4 amide bonds. The summed E-state index contributed by atoms with van der Waals surface area (Å²) in [6, 6.07) is 11.9. The molecule has 1 saturated heterocycles. The number of nitrogens with one attached hydrogen (secondary N) is 2. The van der Waals surface area contributed by atoms with Crippen molar-refractivity contribution < 1.29 is 23.9 Å². The average molecular weight is 452 g/mol. The van der Waals surface area contributed by atoms with Crippen LogP contribution >= 0.6 is 0 Å². The van der Waals surface area contributed by atoms with Crippen LogP contribution in [0.5, 0.6) is 11.5 Å². The van der Waals surface area contributed by atoms with Crippen LogP contribution in [0.25, 0.3) is 0 Å². The summed E-state index contributed by atoms with van der Waals surface area (Å²) in [4.78, 5) is 39.2. The molecule has 2 fully saturated rings. The molecule has 2 aromatic carbocycles. The quantitative estimate of drug-likeness (QED) is 0.626. The van der Waals surface area contributed by atoms with Crippen LogP contribution in [0.3, 0.4) is 0 Å². The molecule has 33 heavy (non-hydrogen) atoms. The second-order valence-electron chi connectivity index (χ2n) is 8.75. The Labute approximate surface area is 193 Å². The van der Waals surface area contributed by atoms with Crippen molar-refractivity contribution in [2.24, 2.45) is 0 Å². The minimum Gasteiger partial charge on any atom is -0.493 e. The fourth-order valence-corrected chi connectivity index (χ4v) is 4.30. The Kier molecular flexibility index (Phi) is 6.26. The smallest absolute Gasteiger partial charge is 0.325 e. The van der Waals surface area contributed by atoms with Crippen molar-refractivity contribution in [3.63, 3.8) is 0 Å². The van der Waals surface area contributed by atoms with E-state index in [-0.39, 0.29) is 6.10 Å². The molecular weight excluding hydrogens is 422 g/mol. The number of rotatable bonds is 7. The molecule has 2 aromatic rings. The number of hydrogen-bond acceptors (Lipinski definition) is 5. The predicted molar refractivity (Wildman–Crippen MR) is 123 cm³/mol. The number of nitrogens with zero attached hydrogens (tertiary/aromatic N) is 1. The van der Waals surface area contributed by atoms with Gasteiger partial charge in [0.2, 0.25) is 5.91 Å². The highest BCUT2D eigenvalue weighted by Crippen LogP contribution is 2.34. The monoisotopic (exact) mass is 451 g/mol. The van der Waals surface area contributed by atoms with Gasteiger partial charge in [0.15, 0.2) is 11.5 Å². The van der Waals surface area contributed by atoms with E-state index in [1.807, 2.05) is 19.1 Å². The molecule has 0 aromatic heterocycles. The number of carbonyl (C=O) groups excluding carboxylic acids is 3.